The first kappa shape index (κ1) is 18.7. The summed E-state index contributed by atoms with van der Waals surface area (Å²) in [4.78, 5) is 15.3. The molecule has 4 nitrogen and oxygen atoms in total. The summed E-state index contributed by atoms with van der Waals surface area (Å²) in [5.74, 6) is 0.825. The lowest BCUT2D eigenvalue weighted by molar-refractivity contribution is 0.0406. The first-order chi connectivity index (χ1) is 14.1. The van der Waals surface area contributed by atoms with Gasteiger partial charge in [0.05, 0.1) is 11.1 Å². The number of halogens is 1. The van der Waals surface area contributed by atoms with E-state index >= 15 is 0 Å². The van der Waals surface area contributed by atoms with Gasteiger partial charge in [0.1, 0.15) is 18.1 Å². The minimum Gasteiger partial charge on any atom is -0.478 e. The number of hydrogen-bond donors (Lipinski definition) is 0. The highest BCUT2D eigenvalue weighted by Gasteiger charge is 2.28. The molecule has 29 heavy (non-hydrogen) atoms. The third kappa shape index (κ3) is 3.34. The normalized spacial score (nSPS) is 17.9. The van der Waals surface area contributed by atoms with Crippen molar-refractivity contribution in [3.8, 4) is 16.9 Å². The molecule has 2 aromatic carbocycles. The van der Waals surface area contributed by atoms with Crippen LogP contribution in [0.2, 0.25) is 5.02 Å². The number of fused-ring (bicyclic) bond motifs is 3. The Hall–Kier alpha value is -2.30. The molecule has 1 aliphatic heterocycles. The summed E-state index contributed by atoms with van der Waals surface area (Å²) in [6.45, 7) is 3.35. The number of benzene rings is 2. The molecule has 2 aliphatic rings. The van der Waals surface area contributed by atoms with Gasteiger partial charge in [-0.1, -0.05) is 43.0 Å². The molecule has 5 rings (SSSR count). The number of hydrogen-bond acceptors (Lipinski definition) is 4. The van der Waals surface area contributed by atoms with Crippen molar-refractivity contribution >= 4 is 22.6 Å². The molecular formula is C24H24ClNO3. The zero-order valence-electron chi connectivity index (χ0n) is 16.5. The second-order valence-electron chi connectivity index (χ2n) is 8.13. The van der Waals surface area contributed by atoms with E-state index < -0.39 is 0 Å². The van der Waals surface area contributed by atoms with Crippen LogP contribution in [0.3, 0.4) is 0 Å². The molecule has 1 aliphatic carbocycles. The molecule has 0 atom stereocenters. The monoisotopic (exact) mass is 409 g/mol. The van der Waals surface area contributed by atoms with Gasteiger partial charge >= 0.3 is 5.63 Å². The van der Waals surface area contributed by atoms with Crippen molar-refractivity contribution in [2.75, 3.05) is 6.73 Å². The fourth-order valence-corrected chi connectivity index (χ4v) is 4.90. The predicted molar refractivity (Wildman–Crippen MR) is 116 cm³/mol. The minimum absolute atomic E-state index is 0.319. The highest BCUT2D eigenvalue weighted by molar-refractivity contribution is 6.30. The molecule has 1 saturated carbocycles. The Labute approximate surface area is 175 Å². The van der Waals surface area contributed by atoms with E-state index in [1.165, 1.54) is 32.1 Å². The van der Waals surface area contributed by atoms with E-state index in [0.717, 1.165) is 34.4 Å². The highest BCUT2D eigenvalue weighted by atomic mass is 35.5. The zero-order valence-corrected chi connectivity index (χ0v) is 17.3. The average Bonchev–Trinajstić information content (AvgIpc) is 2.75. The van der Waals surface area contributed by atoms with Crippen molar-refractivity contribution in [2.45, 2.75) is 51.6 Å². The first-order valence-corrected chi connectivity index (χ1v) is 10.7. The van der Waals surface area contributed by atoms with Gasteiger partial charge < -0.3 is 9.15 Å². The third-order valence-corrected chi connectivity index (χ3v) is 6.62. The summed E-state index contributed by atoms with van der Waals surface area (Å²) in [5, 5.41) is 1.60. The van der Waals surface area contributed by atoms with Crippen molar-refractivity contribution < 1.29 is 9.15 Å². The van der Waals surface area contributed by atoms with Crippen LogP contribution < -0.4 is 10.4 Å². The maximum atomic E-state index is 13.0. The molecule has 0 saturated heterocycles. The first-order valence-electron chi connectivity index (χ1n) is 10.3. The second kappa shape index (κ2) is 7.51. The molecule has 5 heteroatoms. The molecule has 1 aromatic heterocycles. The second-order valence-corrected chi connectivity index (χ2v) is 8.56. The van der Waals surface area contributed by atoms with Crippen LogP contribution in [0.5, 0.6) is 5.75 Å². The van der Waals surface area contributed by atoms with E-state index in [0.29, 0.717) is 28.9 Å². The molecule has 0 spiro atoms. The molecular weight excluding hydrogens is 386 g/mol. The number of aryl methyl sites for hydroxylation is 1. The van der Waals surface area contributed by atoms with E-state index in [1.54, 1.807) is 12.1 Å². The van der Waals surface area contributed by atoms with Crippen molar-refractivity contribution in [1.82, 2.24) is 4.90 Å². The van der Waals surface area contributed by atoms with Gasteiger partial charge in [-0.3, -0.25) is 4.90 Å². The summed E-state index contributed by atoms with van der Waals surface area (Å²) < 4.78 is 12.0. The topological polar surface area (TPSA) is 42.7 Å². The fraction of sp³-hybridized carbons (Fsp3) is 0.375. The summed E-state index contributed by atoms with van der Waals surface area (Å²) in [5.41, 5.74) is 3.66. The van der Waals surface area contributed by atoms with Crippen LogP contribution in [0.4, 0.5) is 0 Å². The van der Waals surface area contributed by atoms with Crippen molar-refractivity contribution in [1.29, 1.82) is 0 Å². The molecule has 0 amide bonds. The molecule has 2 heterocycles. The van der Waals surface area contributed by atoms with E-state index in [9.17, 15) is 4.79 Å². The van der Waals surface area contributed by atoms with Crippen LogP contribution in [-0.2, 0) is 6.54 Å². The summed E-state index contributed by atoms with van der Waals surface area (Å²) in [6, 6.07) is 11.9. The molecule has 0 N–H and O–H groups in total. The van der Waals surface area contributed by atoms with Crippen LogP contribution in [0.15, 0.2) is 45.6 Å². The lowest BCUT2D eigenvalue weighted by Crippen LogP contribution is -2.41. The number of nitrogens with zero attached hydrogens (tertiary/aromatic N) is 1. The Morgan fingerprint density at radius 2 is 1.79 bits per heavy atom. The van der Waals surface area contributed by atoms with Crippen molar-refractivity contribution in [3.63, 3.8) is 0 Å². The Balaban J connectivity index is 1.60. The standard InChI is InChI=1S/C24H24ClNO3/c1-15-19-11-12-21-20(13-26(14-28-21)18-5-3-2-4-6-18)23(19)29-24(27)22(15)16-7-9-17(25)10-8-16/h7-12,18H,2-6,13-14H2,1H3. The molecule has 1 fully saturated rings. The van der Waals surface area contributed by atoms with Gasteiger partial charge in [0.2, 0.25) is 0 Å². The number of ether oxygens (including phenoxy) is 1. The lowest BCUT2D eigenvalue weighted by atomic mass is 9.93. The zero-order chi connectivity index (χ0) is 20.0. The summed E-state index contributed by atoms with van der Waals surface area (Å²) in [7, 11) is 0. The predicted octanol–water partition coefficient (Wildman–Crippen LogP) is 5.91. The van der Waals surface area contributed by atoms with Gasteiger partial charge in [0.25, 0.3) is 0 Å². The molecule has 0 bridgehead atoms. The Kier molecular flexibility index (Phi) is 4.84. The maximum Gasteiger partial charge on any atom is 0.344 e. The highest BCUT2D eigenvalue weighted by Crippen LogP contribution is 2.37. The van der Waals surface area contributed by atoms with Gasteiger partial charge in [0, 0.05) is 23.0 Å². The third-order valence-electron chi connectivity index (χ3n) is 6.37. The van der Waals surface area contributed by atoms with Crippen molar-refractivity contribution in [3.05, 3.63) is 63.0 Å². The van der Waals surface area contributed by atoms with Crippen molar-refractivity contribution in [2.24, 2.45) is 0 Å². The molecule has 150 valence electrons. The van der Waals surface area contributed by atoms with Crippen LogP contribution in [0, 0.1) is 6.92 Å². The SMILES string of the molecule is Cc1c(-c2ccc(Cl)cc2)c(=O)oc2c3c(ccc12)OCN(C1CCCCC1)C3. The van der Waals surface area contributed by atoms with E-state index in [1.807, 2.05) is 31.2 Å². The Morgan fingerprint density at radius 1 is 1.03 bits per heavy atom. The van der Waals surface area contributed by atoms with Gasteiger partial charge in [-0.25, -0.2) is 4.79 Å². The molecule has 3 aromatic rings. The largest absolute Gasteiger partial charge is 0.478 e. The van der Waals surface area contributed by atoms with E-state index in [-0.39, 0.29) is 5.63 Å². The van der Waals surface area contributed by atoms with E-state index in [4.69, 9.17) is 20.8 Å². The van der Waals surface area contributed by atoms with Crippen LogP contribution in [0.25, 0.3) is 22.1 Å². The molecule has 0 unspecified atom stereocenters. The van der Waals surface area contributed by atoms with Gasteiger partial charge in [-0.15, -0.1) is 0 Å². The number of rotatable bonds is 2. The Morgan fingerprint density at radius 3 is 2.55 bits per heavy atom. The smallest absolute Gasteiger partial charge is 0.344 e. The minimum atomic E-state index is -0.319. The van der Waals surface area contributed by atoms with E-state index in [2.05, 4.69) is 4.90 Å². The summed E-state index contributed by atoms with van der Waals surface area (Å²) in [6.07, 6.45) is 6.32. The Bertz CT molecular complexity index is 1110. The lowest BCUT2D eigenvalue weighted by Gasteiger charge is -2.37. The van der Waals surface area contributed by atoms with Crippen LogP contribution in [0.1, 0.15) is 43.2 Å². The maximum absolute atomic E-state index is 13.0. The molecule has 0 radical (unpaired) electrons. The van der Waals surface area contributed by atoms with Crippen LogP contribution >= 0.6 is 11.6 Å². The fourth-order valence-electron chi connectivity index (χ4n) is 4.77. The van der Waals surface area contributed by atoms with Gasteiger partial charge in [0.15, 0.2) is 0 Å². The van der Waals surface area contributed by atoms with Gasteiger partial charge in [-0.05, 0) is 55.2 Å². The van der Waals surface area contributed by atoms with Crippen LogP contribution in [-0.4, -0.2) is 17.7 Å². The summed E-state index contributed by atoms with van der Waals surface area (Å²) >= 11 is 6.01. The quantitative estimate of drug-likeness (QED) is 0.493. The average molecular weight is 410 g/mol. The van der Waals surface area contributed by atoms with Gasteiger partial charge in [-0.2, -0.15) is 0 Å².